The molecule has 0 bridgehead atoms. The largest absolute Gasteiger partial charge is 0.490 e. The highest BCUT2D eigenvalue weighted by molar-refractivity contribution is 5.93. The van der Waals surface area contributed by atoms with Crippen molar-refractivity contribution in [2.24, 2.45) is 0 Å². The Morgan fingerprint density at radius 2 is 2.14 bits per heavy atom. The van der Waals surface area contributed by atoms with Crippen LogP contribution in [0.25, 0.3) is 0 Å². The molecule has 0 atom stereocenters. The van der Waals surface area contributed by atoms with Gasteiger partial charge in [0.25, 0.3) is 0 Å². The quantitative estimate of drug-likeness (QED) is 0.946. The number of anilines is 2. The first-order valence-corrected chi connectivity index (χ1v) is 7.45. The van der Waals surface area contributed by atoms with Crippen LogP contribution in [0.3, 0.4) is 0 Å². The Balaban J connectivity index is 1.70. The second kappa shape index (κ2) is 6.10. The number of hydrogen-bond donors (Lipinski definition) is 1. The Hall–Kier alpha value is -2.49. The zero-order valence-corrected chi connectivity index (χ0v) is 12.9. The SMILES string of the molecule is Cc1cccc(CC(=O)Nc2ccc3c(c2)N(C)CCO3)c1. The average molecular weight is 296 g/mol. The van der Waals surface area contributed by atoms with E-state index < -0.39 is 0 Å². The minimum atomic E-state index is -0.00932. The van der Waals surface area contributed by atoms with Gasteiger partial charge in [0.2, 0.25) is 5.91 Å². The van der Waals surface area contributed by atoms with Gasteiger partial charge in [0.15, 0.2) is 0 Å². The van der Waals surface area contributed by atoms with Gasteiger partial charge in [-0.05, 0) is 30.7 Å². The number of likely N-dealkylation sites (N-methyl/N-ethyl adjacent to an activating group) is 1. The van der Waals surface area contributed by atoms with E-state index in [1.165, 1.54) is 0 Å². The third-order valence-electron chi connectivity index (χ3n) is 3.79. The van der Waals surface area contributed by atoms with Gasteiger partial charge in [-0.2, -0.15) is 0 Å². The van der Waals surface area contributed by atoms with Gasteiger partial charge in [0.1, 0.15) is 12.4 Å². The van der Waals surface area contributed by atoms with E-state index in [9.17, 15) is 4.79 Å². The van der Waals surface area contributed by atoms with Crippen molar-refractivity contribution in [3.05, 3.63) is 53.6 Å². The van der Waals surface area contributed by atoms with Crippen molar-refractivity contribution in [2.75, 3.05) is 30.4 Å². The number of nitrogens with zero attached hydrogens (tertiary/aromatic N) is 1. The van der Waals surface area contributed by atoms with Crippen LogP contribution < -0.4 is 15.0 Å². The third kappa shape index (κ3) is 3.22. The van der Waals surface area contributed by atoms with Crippen molar-refractivity contribution in [1.82, 2.24) is 0 Å². The molecule has 0 radical (unpaired) electrons. The van der Waals surface area contributed by atoms with E-state index >= 15 is 0 Å². The minimum Gasteiger partial charge on any atom is -0.490 e. The van der Waals surface area contributed by atoms with Gasteiger partial charge < -0.3 is 15.0 Å². The molecule has 4 heteroatoms. The Labute approximate surface area is 130 Å². The standard InChI is InChI=1S/C18H20N2O2/c1-13-4-3-5-14(10-13)11-18(21)19-15-6-7-17-16(12-15)20(2)8-9-22-17/h3-7,10,12H,8-9,11H2,1-2H3,(H,19,21). The molecule has 2 aromatic carbocycles. The van der Waals surface area contributed by atoms with Gasteiger partial charge in [-0.25, -0.2) is 0 Å². The molecule has 0 unspecified atom stereocenters. The fraction of sp³-hybridized carbons (Fsp3) is 0.278. The summed E-state index contributed by atoms with van der Waals surface area (Å²) in [7, 11) is 2.03. The molecule has 0 fully saturated rings. The van der Waals surface area contributed by atoms with Crippen LogP contribution in [0.2, 0.25) is 0 Å². The number of carbonyl (C=O) groups excluding carboxylic acids is 1. The summed E-state index contributed by atoms with van der Waals surface area (Å²) in [5, 5.41) is 2.96. The van der Waals surface area contributed by atoms with Crippen molar-refractivity contribution in [1.29, 1.82) is 0 Å². The topological polar surface area (TPSA) is 41.6 Å². The summed E-state index contributed by atoms with van der Waals surface area (Å²) >= 11 is 0. The van der Waals surface area contributed by atoms with Crippen LogP contribution in [-0.2, 0) is 11.2 Å². The first kappa shape index (κ1) is 14.4. The van der Waals surface area contributed by atoms with Crippen molar-refractivity contribution >= 4 is 17.3 Å². The Bertz CT molecular complexity index is 697. The predicted octanol–water partition coefficient (Wildman–Crippen LogP) is 3.00. The van der Waals surface area contributed by atoms with Crippen LogP contribution in [0.4, 0.5) is 11.4 Å². The summed E-state index contributed by atoms with van der Waals surface area (Å²) in [5.74, 6) is 0.857. The molecule has 1 amide bonds. The molecule has 0 aliphatic carbocycles. The molecule has 4 nitrogen and oxygen atoms in total. The Morgan fingerprint density at radius 1 is 1.27 bits per heavy atom. The van der Waals surface area contributed by atoms with Crippen LogP contribution in [0, 0.1) is 6.92 Å². The monoisotopic (exact) mass is 296 g/mol. The predicted molar refractivity (Wildman–Crippen MR) is 88.7 cm³/mol. The maximum Gasteiger partial charge on any atom is 0.228 e. The highest BCUT2D eigenvalue weighted by Gasteiger charge is 2.15. The van der Waals surface area contributed by atoms with Crippen molar-refractivity contribution in [2.45, 2.75) is 13.3 Å². The smallest absolute Gasteiger partial charge is 0.228 e. The second-order valence-electron chi connectivity index (χ2n) is 5.67. The molecule has 114 valence electrons. The van der Waals surface area contributed by atoms with Crippen LogP contribution in [0.1, 0.15) is 11.1 Å². The molecule has 1 heterocycles. The highest BCUT2D eigenvalue weighted by Crippen LogP contribution is 2.33. The molecular weight excluding hydrogens is 276 g/mol. The van der Waals surface area contributed by atoms with Gasteiger partial charge in [-0.3, -0.25) is 4.79 Å². The molecule has 1 N–H and O–H groups in total. The first-order valence-electron chi connectivity index (χ1n) is 7.45. The molecule has 0 saturated carbocycles. The number of aryl methyl sites for hydroxylation is 1. The average Bonchev–Trinajstić information content (AvgIpc) is 2.48. The van der Waals surface area contributed by atoms with Crippen LogP contribution in [0.5, 0.6) is 5.75 Å². The summed E-state index contributed by atoms with van der Waals surface area (Å²) in [4.78, 5) is 14.3. The van der Waals surface area contributed by atoms with E-state index in [0.717, 1.165) is 34.8 Å². The molecule has 1 aliphatic heterocycles. The molecule has 0 aromatic heterocycles. The normalized spacial score (nSPS) is 13.3. The van der Waals surface area contributed by atoms with Crippen molar-refractivity contribution in [3.63, 3.8) is 0 Å². The van der Waals surface area contributed by atoms with Gasteiger partial charge in [-0.15, -0.1) is 0 Å². The number of hydrogen-bond acceptors (Lipinski definition) is 3. The fourth-order valence-electron chi connectivity index (χ4n) is 2.64. The van der Waals surface area contributed by atoms with Crippen molar-refractivity contribution < 1.29 is 9.53 Å². The van der Waals surface area contributed by atoms with E-state index in [0.29, 0.717) is 13.0 Å². The summed E-state index contributed by atoms with van der Waals surface area (Å²) in [6.07, 6.45) is 0.380. The molecule has 1 aliphatic rings. The number of ether oxygens (including phenoxy) is 1. The lowest BCUT2D eigenvalue weighted by atomic mass is 10.1. The van der Waals surface area contributed by atoms with Gasteiger partial charge in [-0.1, -0.05) is 29.8 Å². The van der Waals surface area contributed by atoms with E-state index in [4.69, 9.17) is 4.74 Å². The molecule has 22 heavy (non-hydrogen) atoms. The van der Waals surface area contributed by atoms with Crippen molar-refractivity contribution in [3.8, 4) is 5.75 Å². The Kier molecular flexibility index (Phi) is 4.00. The maximum atomic E-state index is 12.2. The number of benzene rings is 2. The molecular formula is C18H20N2O2. The first-order chi connectivity index (χ1) is 10.6. The van der Waals surface area contributed by atoms with Crippen LogP contribution in [-0.4, -0.2) is 26.1 Å². The van der Waals surface area contributed by atoms with Gasteiger partial charge in [0, 0.05) is 12.7 Å². The second-order valence-corrected chi connectivity index (χ2v) is 5.67. The van der Waals surface area contributed by atoms with E-state index in [1.807, 2.05) is 56.4 Å². The number of rotatable bonds is 3. The number of nitrogens with one attached hydrogen (secondary N) is 1. The van der Waals surface area contributed by atoms with Gasteiger partial charge >= 0.3 is 0 Å². The highest BCUT2D eigenvalue weighted by atomic mass is 16.5. The van der Waals surface area contributed by atoms with Crippen LogP contribution >= 0.6 is 0 Å². The molecule has 3 rings (SSSR count). The summed E-state index contributed by atoms with van der Waals surface area (Å²) in [6.45, 7) is 3.58. The lowest BCUT2D eigenvalue weighted by Crippen LogP contribution is -2.28. The Morgan fingerprint density at radius 3 is 2.95 bits per heavy atom. The molecule has 2 aromatic rings. The lowest BCUT2D eigenvalue weighted by Gasteiger charge is -2.28. The number of fused-ring (bicyclic) bond motifs is 1. The van der Waals surface area contributed by atoms with Gasteiger partial charge in [0.05, 0.1) is 18.7 Å². The lowest BCUT2D eigenvalue weighted by molar-refractivity contribution is -0.115. The zero-order valence-electron chi connectivity index (χ0n) is 12.9. The third-order valence-corrected chi connectivity index (χ3v) is 3.79. The molecule has 0 spiro atoms. The number of carbonyl (C=O) groups is 1. The summed E-state index contributed by atoms with van der Waals surface area (Å²) in [6, 6.07) is 13.8. The van der Waals surface area contributed by atoms with E-state index in [1.54, 1.807) is 0 Å². The van der Waals surface area contributed by atoms with Crippen LogP contribution in [0.15, 0.2) is 42.5 Å². The summed E-state index contributed by atoms with van der Waals surface area (Å²) in [5.41, 5.74) is 4.00. The zero-order chi connectivity index (χ0) is 15.5. The number of amides is 1. The minimum absolute atomic E-state index is 0.00932. The molecule has 0 saturated heterocycles. The summed E-state index contributed by atoms with van der Waals surface area (Å²) < 4.78 is 5.61. The van der Waals surface area contributed by atoms with E-state index in [2.05, 4.69) is 10.2 Å². The van der Waals surface area contributed by atoms with E-state index in [-0.39, 0.29) is 5.91 Å². The fourth-order valence-corrected chi connectivity index (χ4v) is 2.64. The maximum absolute atomic E-state index is 12.2.